The summed E-state index contributed by atoms with van der Waals surface area (Å²) in [5.41, 5.74) is 2.92. The summed E-state index contributed by atoms with van der Waals surface area (Å²) >= 11 is 0. The molecule has 0 aromatic heterocycles. The molecule has 5 nitrogen and oxygen atoms in total. The molecule has 28 heavy (non-hydrogen) atoms. The van der Waals surface area contributed by atoms with Crippen LogP contribution in [0.2, 0.25) is 0 Å². The van der Waals surface area contributed by atoms with Gasteiger partial charge in [0.2, 0.25) is 5.91 Å². The second-order valence-electron chi connectivity index (χ2n) is 7.81. The van der Waals surface area contributed by atoms with Crippen LogP contribution in [0.25, 0.3) is 6.08 Å². The number of methoxy groups -OCH3 is 1. The molecule has 1 atom stereocenters. The lowest BCUT2D eigenvalue weighted by Gasteiger charge is -2.49. The fourth-order valence-electron chi connectivity index (χ4n) is 4.38. The highest BCUT2D eigenvalue weighted by molar-refractivity contribution is 5.89. The number of fused-ring (bicyclic) bond motifs is 3. The maximum atomic E-state index is 12.4. The standard InChI is InChI=1S/C23H24N2O3/c1-22(2)18-6-4-5-7-19(18)25-15-13-20(26)24-23(22,25)14-12-16-8-10-17(11-9-16)21(27)28-3/h4-12,14H,13,15H2,1-3H3,(H,24,26)/b14-12+. The lowest BCUT2D eigenvalue weighted by Crippen LogP contribution is -2.68. The first-order valence-corrected chi connectivity index (χ1v) is 9.45. The molecule has 0 aliphatic carbocycles. The molecule has 2 heterocycles. The number of carbonyl (C=O) groups is 2. The smallest absolute Gasteiger partial charge is 0.337 e. The average molecular weight is 376 g/mol. The molecular weight excluding hydrogens is 352 g/mol. The van der Waals surface area contributed by atoms with Crippen molar-refractivity contribution in [2.75, 3.05) is 18.6 Å². The molecule has 1 unspecified atom stereocenters. The average Bonchev–Trinajstić information content (AvgIpc) is 2.90. The zero-order valence-corrected chi connectivity index (χ0v) is 16.4. The predicted molar refractivity (Wildman–Crippen MR) is 109 cm³/mol. The molecular formula is C23H24N2O3. The van der Waals surface area contributed by atoms with E-state index in [0.717, 1.165) is 11.3 Å². The number of para-hydroxylation sites is 1. The molecule has 5 heteroatoms. The summed E-state index contributed by atoms with van der Waals surface area (Å²) in [6.07, 6.45) is 4.57. The van der Waals surface area contributed by atoms with Gasteiger partial charge in [-0.15, -0.1) is 0 Å². The molecule has 0 spiro atoms. The Balaban J connectivity index is 1.74. The van der Waals surface area contributed by atoms with Crippen LogP contribution in [0, 0.1) is 0 Å². The monoisotopic (exact) mass is 376 g/mol. The molecule has 1 saturated heterocycles. The van der Waals surface area contributed by atoms with Crippen molar-refractivity contribution in [3.63, 3.8) is 0 Å². The third-order valence-electron chi connectivity index (χ3n) is 5.99. The molecule has 2 aromatic rings. The van der Waals surface area contributed by atoms with E-state index in [1.165, 1.54) is 12.7 Å². The number of hydrogen-bond acceptors (Lipinski definition) is 4. The molecule has 144 valence electrons. The maximum Gasteiger partial charge on any atom is 0.337 e. The third kappa shape index (κ3) is 2.61. The van der Waals surface area contributed by atoms with Gasteiger partial charge >= 0.3 is 5.97 Å². The zero-order valence-electron chi connectivity index (χ0n) is 16.4. The Morgan fingerprint density at radius 2 is 1.86 bits per heavy atom. The molecule has 2 aliphatic heterocycles. The summed E-state index contributed by atoms with van der Waals surface area (Å²) in [5, 5.41) is 3.26. The van der Waals surface area contributed by atoms with Crippen molar-refractivity contribution in [3.05, 3.63) is 71.3 Å². The largest absolute Gasteiger partial charge is 0.465 e. The van der Waals surface area contributed by atoms with Crippen LogP contribution in [0.3, 0.4) is 0 Å². The second kappa shape index (κ2) is 6.51. The predicted octanol–water partition coefficient (Wildman–Crippen LogP) is 3.50. The van der Waals surface area contributed by atoms with E-state index in [0.29, 0.717) is 18.5 Å². The van der Waals surface area contributed by atoms with Crippen LogP contribution in [-0.4, -0.2) is 31.2 Å². The molecule has 1 fully saturated rings. The Bertz CT molecular complexity index is 962. The van der Waals surface area contributed by atoms with E-state index in [2.05, 4.69) is 42.3 Å². The number of nitrogens with zero attached hydrogens (tertiary/aromatic N) is 1. The summed E-state index contributed by atoms with van der Waals surface area (Å²) < 4.78 is 4.75. The SMILES string of the molecule is COC(=O)c1ccc(/C=C/C23NC(=O)CCN2c2ccccc2C3(C)C)cc1. The fourth-order valence-corrected chi connectivity index (χ4v) is 4.38. The Labute approximate surface area is 165 Å². The van der Waals surface area contributed by atoms with Gasteiger partial charge in [0.15, 0.2) is 0 Å². The van der Waals surface area contributed by atoms with Gasteiger partial charge in [-0.05, 0) is 35.4 Å². The molecule has 2 aliphatic rings. The lowest BCUT2D eigenvalue weighted by atomic mass is 9.74. The van der Waals surface area contributed by atoms with Crippen LogP contribution in [0.1, 0.15) is 41.8 Å². The first-order valence-electron chi connectivity index (χ1n) is 9.45. The lowest BCUT2D eigenvalue weighted by molar-refractivity contribution is -0.124. The van der Waals surface area contributed by atoms with Gasteiger partial charge in [-0.25, -0.2) is 4.79 Å². The van der Waals surface area contributed by atoms with Crippen molar-refractivity contribution in [1.82, 2.24) is 5.32 Å². The number of amides is 1. The molecule has 0 saturated carbocycles. The number of nitrogens with one attached hydrogen (secondary N) is 1. The minimum atomic E-state index is -0.632. The number of anilines is 1. The van der Waals surface area contributed by atoms with Gasteiger partial charge in [-0.3, -0.25) is 4.79 Å². The second-order valence-corrected chi connectivity index (χ2v) is 7.81. The van der Waals surface area contributed by atoms with Gasteiger partial charge in [0, 0.05) is 24.1 Å². The topological polar surface area (TPSA) is 58.6 Å². The van der Waals surface area contributed by atoms with Crippen molar-refractivity contribution in [2.45, 2.75) is 31.3 Å². The number of ether oxygens (including phenoxy) is 1. The maximum absolute atomic E-state index is 12.4. The molecule has 1 N–H and O–H groups in total. The van der Waals surface area contributed by atoms with E-state index in [1.54, 1.807) is 12.1 Å². The molecule has 1 amide bonds. The van der Waals surface area contributed by atoms with Crippen molar-refractivity contribution in [3.8, 4) is 0 Å². The zero-order chi connectivity index (χ0) is 19.9. The number of hydrogen-bond donors (Lipinski definition) is 1. The van der Waals surface area contributed by atoms with E-state index in [9.17, 15) is 9.59 Å². The van der Waals surface area contributed by atoms with Crippen LogP contribution in [-0.2, 0) is 14.9 Å². The van der Waals surface area contributed by atoms with Gasteiger partial charge in [-0.2, -0.15) is 0 Å². The van der Waals surface area contributed by atoms with Crippen molar-refractivity contribution >= 4 is 23.6 Å². The number of rotatable bonds is 3. The Morgan fingerprint density at radius 3 is 2.57 bits per heavy atom. The van der Waals surface area contributed by atoms with Crippen molar-refractivity contribution in [2.24, 2.45) is 0 Å². The van der Waals surface area contributed by atoms with Crippen LogP contribution in [0.5, 0.6) is 0 Å². The fraction of sp³-hybridized carbons (Fsp3) is 0.304. The van der Waals surface area contributed by atoms with Gasteiger partial charge in [-0.1, -0.05) is 50.3 Å². The molecule has 4 rings (SSSR count). The summed E-state index contributed by atoms with van der Waals surface area (Å²) in [7, 11) is 1.37. The summed E-state index contributed by atoms with van der Waals surface area (Å²) in [6, 6.07) is 15.6. The Kier molecular flexibility index (Phi) is 4.26. The minimum Gasteiger partial charge on any atom is -0.465 e. The Hall–Kier alpha value is -3.08. The quantitative estimate of drug-likeness (QED) is 0.833. The third-order valence-corrected chi connectivity index (χ3v) is 5.99. The van der Waals surface area contributed by atoms with Gasteiger partial charge in [0.1, 0.15) is 5.66 Å². The van der Waals surface area contributed by atoms with Crippen molar-refractivity contribution in [1.29, 1.82) is 0 Å². The molecule has 2 aromatic carbocycles. The van der Waals surface area contributed by atoms with E-state index in [-0.39, 0.29) is 17.3 Å². The highest BCUT2D eigenvalue weighted by Gasteiger charge is 2.57. The van der Waals surface area contributed by atoms with E-state index in [4.69, 9.17) is 4.74 Å². The highest BCUT2D eigenvalue weighted by atomic mass is 16.5. The number of carbonyl (C=O) groups excluding carboxylic acids is 2. The van der Waals surface area contributed by atoms with Gasteiger partial charge in [0.05, 0.1) is 12.7 Å². The van der Waals surface area contributed by atoms with E-state index in [1.807, 2.05) is 30.3 Å². The summed E-state index contributed by atoms with van der Waals surface area (Å²) in [4.78, 5) is 26.3. The highest BCUT2D eigenvalue weighted by Crippen LogP contribution is 2.52. The minimum absolute atomic E-state index is 0.0582. The first kappa shape index (κ1) is 18.3. The molecule has 0 bridgehead atoms. The van der Waals surface area contributed by atoms with Crippen LogP contribution in [0.4, 0.5) is 5.69 Å². The molecule has 0 radical (unpaired) electrons. The van der Waals surface area contributed by atoms with Crippen LogP contribution in [0.15, 0.2) is 54.6 Å². The Morgan fingerprint density at radius 1 is 1.14 bits per heavy atom. The van der Waals surface area contributed by atoms with Crippen LogP contribution >= 0.6 is 0 Å². The summed E-state index contributed by atoms with van der Waals surface area (Å²) in [6.45, 7) is 5.02. The van der Waals surface area contributed by atoms with Crippen LogP contribution < -0.4 is 10.2 Å². The summed E-state index contributed by atoms with van der Waals surface area (Å²) in [5.74, 6) is -0.296. The van der Waals surface area contributed by atoms with E-state index < -0.39 is 5.66 Å². The number of esters is 1. The van der Waals surface area contributed by atoms with Gasteiger partial charge in [0.25, 0.3) is 0 Å². The first-order chi connectivity index (χ1) is 13.4. The number of benzene rings is 2. The van der Waals surface area contributed by atoms with Gasteiger partial charge < -0.3 is 15.0 Å². The van der Waals surface area contributed by atoms with Crippen molar-refractivity contribution < 1.29 is 14.3 Å². The van der Waals surface area contributed by atoms with E-state index >= 15 is 0 Å². The normalized spacial score (nSPS) is 22.5.